The summed E-state index contributed by atoms with van der Waals surface area (Å²) >= 11 is 0. The fourth-order valence-electron chi connectivity index (χ4n) is 3.16. The summed E-state index contributed by atoms with van der Waals surface area (Å²) in [6.45, 7) is 0.546. The molecule has 0 unspecified atom stereocenters. The molecule has 0 radical (unpaired) electrons. The Bertz CT molecular complexity index is 924. The van der Waals surface area contributed by atoms with Gasteiger partial charge in [-0.3, -0.25) is 9.20 Å². The number of nitrogens with zero attached hydrogens (tertiary/aromatic N) is 4. The molecule has 0 saturated carbocycles. The number of likely N-dealkylation sites (tertiary alicyclic amines) is 1. The molecule has 1 amide bonds. The Balaban J connectivity index is 1.69. The number of amides is 1. The van der Waals surface area contributed by atoms with Crippen molar-refractivity contribution >= 4 is 11.6 Å². The van der Waals surface area contributed by atoms with Crippen LogP contribution in [-0.4, -0.2) is 31.9 Å². The summed E-state index contributed by atoms with van der Waals surface area (Å²) in [6.07, 6.45) is 3.43. The Labute approximate surface area is 136 Å². The number of carbonyl (C=O) groups excluding carboxylic acids is 1. The highest BCUT2D eigenvalue weighted by Gasteiger charge is 2.33. The number of rotatable bonds is 2. The van der Waals surface area contributed by atoms with Crippen molar-refractivity contribution in [3.8, 4) is 0 Å². The summed E-state index contributed by atoms with van der Waals surface area (Å²) in [5.74, 6) is -1.64. The molecule has 1 saturated heterocycles. The van der Waals surface area contributed by atoms with E-state index in [1.807, 2.05) is 28.8 Å². The topological polar surface area (TPSA) is 50.5 Å². The lowest BCUT2D eigenvalue weighted by atomic mass is 10.1. The van der Waals surface area contributed by atoms with Crippen molar-refractivity contribution in [2.45, 2.75) is 18.9 Å². The lowest BCUT2D eigenvalue weighted by molar-refractivity contribution is 0.0728. The molecule has 24 heavy (non-hydrogen) atoms. The molecule has 3 heterocycles. The number of carbonyl (C=O) groups is 1. The highest BCUT2D eigenvalue weighted by Crippen LogP contribution is 2.32. The number of pyridine rings is 1. The van der Waals surface area contributed by atoms with Crippen molar-refractivity contribution in [1.82, 2.24) is 19.5 Å². The van der Waals surface area contributed by atoms with Gasteiger partial charge < -0.3 is 4.90 Å². The van der Waals surface area contributed by atoms with Gasteiger partial charge in [0, 0.05) is 18.3 Å². The third-order valence-corrected chi connectivity index (χ3v) is 4.32. The summed E-state index contributed by atoms with van der Waals surface area (Å²) in [5.41, 5.74) is 0.842. The first-order valence-electron chi connectivity index (χ1n) is 7.71. The van der Waals surface area contributed by atoms with Crippen molar-refractivity contribution in [3.63, 3.8) is 0 Å². The maximum atomic E-state index is 13.4. The molecule has 0 spiro atoms. The number of hydrogen-bond acceptors (Lipinski definition) is 3. The van der Waals surface area contributed by atoms with E-state index in [2.05, 4.69) is 10.2 Å². The molecule has 0 N–H and O–H groups in total. The van der Waals surface area contributed by atoms with Gasteiger partial charge in [-0.15, -0.1) is 10.2 Å². The lowest BCUT2D eigenvalue weighted by Gasteiger charge is -2.23. The van der Waals surface area contributed by atoms with Gasteiger partial charge in [0.1, 0.15) is 0 Å². The van der Waals surface area contributed by atoms with E-state index < -0.39 is 11.6 Å². The zero-order valence-corrected chi connectivity index (χ0v) is 12.7. The molecule has 7 heteroatoms. The third-order valence-electron chi connectivity index (χ3n) is 4.32. The van der Waals surface area contributed by atoms with E-state index in [0.717, 1.165) is 25.0 Å². The van der Waals surface area contributed by atoms with E-state index in [1.54, 1.807) is 4.90 Å². The molecule has 0 aliphatic carbocycles. The second-order valence-electron chi connectivity index (χ2n) is 5.77. The van der Waals surface area contributed by atoms with Gasteiger partial charge >= 0.3 is 0 Å². The average Bonchev–Trinajstić information content (AvgIpc) is 3.22. The van der Waals surface area contributed by atoms with Crippen molar-refractivity contribution in [2.24, 2.45) is 0 Å². The summed E-state index contributed by atoms with van der Waals surface area (Å²) in [4.78, 5) is 14.4. The van der Waals surface area contributed by atoms with Gasteiger partial charge in [-0.05, 0) is 43.2 Å². The Hall–Kier alpha value is -2.83. The van der Waals surface area contributed by atoms with Gasteiger partial charge in [0.25, 0.3) is 5.91 Å². The van der Waals surface area contributed by atoms with E-state index >= 15 is 0 Å². The highest BCUT2D eigenvalue weighted by atomic mass is 19.2. The minimum atomic E-state index is -1.02. The molecular formula is C17H14F2N4O. The minimum absolute atomic E-state index is 0.134. The summed E-state index contributed by atoms with van der Waals surface area (Å²) < 4.78 is 28.4. The SMILES string of the molecule is O=C(c1ccc(F)c(F)c1)N1CCC[C@@H]1c1nnc2ccccn12. The van der Waals surface area contributed by atoms with E-state index in [9.17, 15) is 13.6 Å². The van der Waals surface area contributed by atoms with Crippen LogP contribution in [0.15, 0.2) is 42.6 Å². The molecule has 0 bridgehead atoms. The van der Waals surface area contributed by atoms with Crippen LogP contribution in [0.2, 0.25) is 0 Å². The van der Waals surface area contributed by atoms with Crippen molar-refractivity contribution in [3.05, 3.63) is 65.6 Å². The molecule has 2 aromatic heterocycles. The standard InChI is InChI=1S/C17H14F2N4O/c18-12-7-6-11(10-13(12)19)17(24)22-9-3-4-14(22)16-21-20-15-5-1-2-8-23(15)16/h1-2,5-8,10,14H,3-4,9H2/t14-/m1/s1. The zero-order chi connectivity index (χ0) is 16.7. The maximum absolute atomic E-state index is 13.4. The number of benzene rings is 1. The smallest absolute Gasteiger partial charge is 0.254 e. The molecular weight excluding hydrogens is 314 g/mol. The minimum Gasteiger partial charge on any atom is -0.328 e. The Morgan fingerprint density at radius 2 is 2.00 bits per heavy atom. The number of aromatic nitrogens is 3. The van der Waals surface area contributed by atoms with Crippen LogP contribution in [0.3, 0.4) is 0 Å². The van der Waals surface area contributed by atoms with E-state index in [4.69, 9.17) is 0 Å². The predicted molar refractivity (Wildman–Crippen MR) is 82.4 cm³/mol. The summed E-state index contributed by atoms with van der Waals surface area (Å²) in [5, 5.41) is 8.34. The first-order chi connectivity index (χ1) is 11.6. The van der Waals surface area contributed by atoms with E-state index in [0.29, 0.717) is 18.0 Å². The quantitative estimate of drug-likeness (QED) is 0.727. The molecule has 1 aromatic carbocycles. The van der Waals surface area contributed by atoms with Gasteiger partial charge in [-0.25, -0.2) is 8.78 Å². The van der Waals surface area contributed by atoms with Crippen LogP contribution in [-0.2, 0) is 0 Å². The zero-order valence-electron chi connectivity index (χ0n) is 12.7. The largest absolute Gasteiger partial charge is 0.328 e. The van der Waals surface area contributed by atoms with Gasteiger partial charge in [0.2, 0.25) is 0 Å². The predicted octanol–water partition coefficient (Wildman–Crippen LogP) is 2.98. The highest BCUT2D eigenvalue weighted by molar-refractivity contribution is 5.94. The van der Waals surface area contributed by atoms with Gasteiger partial charge in [0.05, 0.1) is 6.04 Å². The van der Waals surface area contributed by atoms with Crippen LogP contribution >= 0.6 is 0 Å². The lowest BCUT2D eigenvalue weighted by Crippen LogP contribution is -2.31. The number of hydrogen-bond donors (Lipinski definition) is 0. The molecule has 5 nitrogen and oxygen atoms in total. The Morgan fingerprint density at radius 3 is 2.83 bits per heavy atom. The fourth-order valence-corrected chi connectivity index (χ4v) is 3.16. The third kappa shape index (κ3) is 2.33. The van der Waals surface area contributed by atoms with Crippen LogP contribution in [0, 0.1) is 11.6 Å². The van der Waals surface area contributed by atoms with E-state index in [1.165, 1.54) is 6.07 Å². The van der Waals surface area contributed by atoms with E-state index in [-0.39, 0.29) is 17.5 Å². The van der Waals surface area contributed by atoms with Gasteiger partial charge in [-0.1, -0.05) is 6.07 Å². The first-order valence-corrected chi connectivity index (χ1v) is 7.71. The first kappa shape index (κ1) is 14.7. The van der Waals surface area contributed by atoms with Crippen LogP contribution < -0.4 is 0 Å². The molecule has 1 aliphatic rings. The van der Waals surface area contributed by atoms with Crippen LogP contribution in [0.25, 0.3) is 5.65 Å². The van der Waals surface area contributed by atoms with Crippen molar-refractivity contribution < 1.29 is 13.6 Å². The summed E-state index contributed by atoms with van der Waals surface area (Å²) in [6, 6.07) is 8.56. The van der Waals surface area contributed by atoms with Gasteiger partial charge in [0.15, 0.2) is 23.1 Å². The second kappa shape index (κ2) is 5.67. The molecule has 1 aliphatic heterocycles. The second-order valence-corrected chi connectivity index (χ2v) is 5.77. The summed E-state index contributed by atoms with van der Waals surface area (Å²) in [7, 11) is 0. The fraction of sp³-hybridized carbons (Fsp3) is 0.235. The monoisotopic (exact) mass is 328 g/mol. The van der Waals surface area contributed by atoms with Crippen LogP contribution in [0.4, 0.5) is 8.78 Å². The van der Waals surface area contributed by atoms with Crippen LogP contribution in [0.1, 0.15) is 35.1 Å². The number of halogens is 2. The molecule has 4 rings (SSSR count). The Morgan fingerprint density at radius 1 is 1.12 bits per heavy atom. The van der Waals surface area contributed by atoms with Crippen molar-refractivity contribution in [1.29, 1.82) is 0 Å². The molecule has 1 fully saturated rings. The van der Waals surface area contributed by atoms with Crippen LogP contribution in [0.5, 0.6) is 0 Å². The normalized spacial score (nSPS) is 17.6. The molecule has 122 valence electrons. The number of fused-ring (bicyclic) bond motifs is 1. The molecule has 3 aromatic rings. The van der Waals surface area contributed by atoms with Crippen molar-refractivity contribution in [2.75, 3.05) is 6.54 Å². The maximum Gasteiger partial charge on any atom is 0.254 e. The molecule has 1 atom stereocenters. The Kier molecular flexibility index (Phi) is 3.48. The average molecular weight is 328 g/mol. The van der Waals surface area contributed by atoms with Gasteiger partial charge in [-0.2, -0.15) is 0 Å².